The highest BCUT2D eigenvalue weighted by Crippen LogP contribution is 2.29. The molecule has 172 valence electrons. The van der Waals surface area contributed by atoms with Crippen molar-refractivity contribution in [3.63, 3.8) is 0 Å². The van der Waals surface area contributed by atoms with E-state index in [9.17, 15) is 14.4 Å². The Labute approximate surface area is 189 Å². The minimum absolute atomic E-state index is 0.120. The maximum Gasteiger partial charge on any atom is 0.273 e. The van der Waals surface area contributed by atoms with Gasteiger partial charge in [-0.2, -0.15) is 0 Å². The predicted molar refractivity (Wildman–Crippen MR) is 122 cm³/mol. The van der Waals surface area contributed by atoms with Gasteiger partial charge in [0, 0.05) is 19.6 Å². The molecule has 32 heavy (non-hydrogen) atoms. The Morgan fingerprint density at radius 3 is 2.50 bits per heavy atom. The van der Waals surface area contributed by atoms with Gasteiger partial charge in [0.25, 0.3) is 11.8 Å². The van der Waals surface area contributed by atoms with E-state index in [-0.39, 0.29) is 35.7 Å². The molecule has 0 fully saturated rings. The van der Waals surface area contributed by atoms with Crippen LogP contribution in [0.3, 0.4) is 0 Å². The molecule has 1 atom stereocenters. The van der Waals surface area contributed by atoms with Crippen LogP contribution in [0.4, 0.5) is 0 Å². The van der Waals surface area contributed by atoms with Gasteiger partial charge in [0.1, 0.15) is 11.2 Å². The summed E-state index contributed by atoms with van der Waals surface area (Å²) in [5.74, 6) is -0.929. The van der Waals surface area contributed by atoms with Crippen LogP contribution in [-0.4, -0.2) is 50.8 Å². The molecule has 0 radical (unpaired) electrons. The number of hydrogen-bond acceptors (Lipinski definition) is 4. The van der Waals surface area contributed by atoms with E-state index in [1.54, 1.807) is 16.4 Å². The molecule has 8 heteroatoms. The molecule has 2 aromatic rings. The molecule has 2 heterocycles. The van der Waals surface area contributed by atoms with Crippen LogP contribution in [0.2, 0.25) is 0 Å². The second-order valence-electron chi connectivity index (χ2n) is 8.58. The number of nitrogens with one attached hydrogen (secondary N) is 2. The Bertz CT molecular complexity index is 982. The normalized spacial score (nSPS) is 17.8. The Kier molecular flexibility index (Phi) is 7.33. The average molecular weight is 440 g/mol. The standard InChI is InChI=1S/C24H33N5O3/c1-5-7-12-25-21(30)19-20-22(31)29(13-6-2)24(4,15-28(20)16-27-19)23(32)26-14-18-10-8-17(3)9-11-18/h8-11,16H,5-7,12-15H2,1-4H3,(H,25,30)(H,26,32)/t24-/m1/s1. The number of aromatic nitrogens is 2. The maximum absolute atomic E-state index is 13.5. The van der Waals surface area contributed by atoms with E-state index < -0.39 is 5.54 Å². The summed E-state index contributed by atoms with van der Waals surface area (Å²) in [6, 6.07) is 7.96. The highest BCUT2D eigenvalue weighted by Gasteiger charge is 2.48. The van der Waals surface area contributed by atoms with Crippen molar-refractivity contribution in [2.75, 3.05) is 13.1 Å². The number of fused-ring (bicyclic) bond motifs is 1. The molecule has 1 aliphatic rings. The highest BCUT2D eigenvalue weighted by molar-refractivity contribution is 6.07. The van der Waals surface area contributed by atoms with Crippen LogP contribution >= 0.6 is 0 Å². The second-order valence-corrected chi connectivity index (χ2v) is 8.58. The minimum Gasteiger partial charge on any atom is -0.351 e. The highest BCUT2D eigenvalue weighted by atomic mass is 16.2. The van der Waals surface area contributed by atoms with E-state index in [0.29, 0.717) is 26.1 Å². The van der Waals surface area contributed by atoms with Gasteiger partial charge in [-0.25, -0.2) is 4.98 Å². The summed E-state index contributed by atoms with van der Waals surface area (Å²) in [6.45, 7) is 9.36. The van der Waals surface area contributed by atoms with Gasteiger partial charge in [-0.3, -0.25) is 14.4 Å². The number of amides is 3. The summed E-state index contributed by atoms with van der Waals surface area (Å²) in [7, 11) is 0. The zero-order valence-electron chi connectivity index (χ0n) is 19.4. The molecule has 2 N–H and O–H groups in total. The summed E-state index contributed by atoms with van der Waals surface area (Å²) < 4.78 is 1.63. The van der Waals surface area contributed by atoms with E-state index in [1.165, 1.54) is 6.33 Å². The van der Waals surface area contributed by atoms with Crippen molar-refractivity contribution in [1.82, 2.24) is 25.1 Å². The third kappa shape index (κ3) is 4.69. The summed E-state index contributed by atoms with van der Waals surface area (Å²) in [5.41, 5.74) is 1.43. The van der Waals surface area contributed by atoms with Gasteiger partial charge in [0.2, 0.25) is 5.91 Å². The molecule has 3 amide bonds. The number of rotatable bonds is 9. The number of nitrogens with zero attached hydrogens (tertiary/aromatic N) is 3. The zero-order valence-corrected chi connectivity index (χ0v) is 19.4. The summed E-state index contributed by atoms with van der Waals surface area (Å²) in [6.07, 6.45) is 3.99. The molecule has 1 aromatic carbocycles. The largest absolute Gasteiger partial charge is 0.351 e. The third-order valence-corrected chi connectivity index (χ3v) is 5.90. The monoisotopic (exact) mass is 439 g/mol. The first-order valence-electron chi connectivity index (χ1n) is 11.3. The molecule has 0 bridgehead atoms. The topological polar surface area (TPSA) is 96.3 Å². The molecule has 0 saturated carbocycles. The molecule has 1 aliphatic heterocycles. The van der Waals surface area contributed by atoms with Crippen LogP contribution in [-0.2, 0) is 17.9 Å². The first kappa shape index (κ1) is 23.5. The molecular weight excluding hydrogens is 406 g/mol. The first-order valence-corrected chi connectivity index (χ1v) is 11.3. The lowest BCUT2D eigenvalue weighted by Gasteiger charge is -2.43. The van der Waals surface area contributed by atoms with Crippen LogP contribution < -0.4 is 10.6 Å². The van der Waals surface area contributed by atoms with Crippen molar-refractivity contribution in [3.05, 3.63) is 53.1 Å². The van der Waals surface area contributed by atoms with Crippen LogP contribution in [0.1, 0.15) is 72.1 Å². The van der Waals surface area contributed by atoms with Crippen molar-refractivity contribution < 1.29 is 14.4 Å². The first-order chi connectivity index (χ1) is 15.3. The Balaban J connectivity index is 1.83. The van der Waals surface area contributed by atoms with Crippen LogP contribution in [0.5, 0.6) is 0 Å². The van der Waals surface area contributed by atoms with Gasteiger partial charge in [-0.05, 0) is 32.3 Å². The fraction of sp³-hybridized carbons (Fsp3) is 0.500. The van der Waals surface area contributed by atoms with Gasteiger partial charge in [-0.1, -0.05) is 50.1 Å². The zero-order chi connectivity index (χ0) is 23.3. The lowest BCUT2D eigenvalue weighted by atomic mass is 9.93. The molecule has 1 aromatic heterocycles. The van der Waals surface area contributed by atoms with E-state index in [4.69, 9.17) is 0 Å². The summed E-state index contributed by atoms with van der Waals surface area (Å²) in [5, 5.41) is 5.81. The number of benzene rings is 1. The van der Waals surface area contributed by atoms with Crippen LogP contribution in [0.15, 0.2) is 30.6 Å². The number of imidazole rings is 1. The summed E-state index contributed by atoms with van der Waals surface area (Å²) >= 11 is 0. The Hall–Kier alpha value is -3.16. The smallest absolute Gasteiger partial charge is 0.273 e. The average Bonchev–Trinajstić information content (AvgIpc) is 3.20. The van der Waals surface area contributed by atoms with Crippen molar-refractivity contribution in [2.45, 2.75) is 65.6 Å². The van der Waals surface area contributed by atoms with Crippen molar-refractivity contribution in [2.24, 2.45) is 0 Å². The number of carbonyl (C=O) groups is 3. The third-order valence-electron chi connectivity index (χ3n) is 5.90. The number of unbranched alkanes of at least 4 members (excludes halogenated alkanes) is 1. The lowest BCUT2D eigenvalue weighted by molar-refractivity contribution is -0.133. The Morgan fingerprint density at radius 1 is 1.12 bits per heavy atom. The van der Waals surface area contributed by atoms with E-state index in [0.717, 1.165) is 24.0 Å². The second kappa shape index (κ2) is 9.97. The number of hydrogen-bond donors (Lipinski definition) is 2. The van der Waals surface area contributed by atoms with Crippen LogP contribution in [0.25, 0.3) is 0 Å². The quantitative estimate of drug-likeness (QED) is 0.587. The van der Waals surface area contributed by atoms with Crippen molar-refractivity contribution in [1.29, 1.82) is 0 Å². The molecule has 0 saturated heterocycles. The SMILES string of the molecule is CCCCNC(=O)c1ncn2c1C(=O)N(CCC)[C@@](C)(C(=O)NCc1ccc(C)cc1)C2. The molecule has 0 aliphatic carbocycles. The van der Waals surface area contributed by atoms with Crippen LogP contribution in [0, 0.1) is 6.92 Å². The molecule has 8 nitrogen and oxygen atoms in total. The number of aryl methyl sites for hydroxylation is 1. The van der Waals surface area contributed by atoms with Gasteiger partial charge in [0.15, 0.2) is 5.69 Å². The maximum atomic E-state index is 13.5. The van der Waals surface area contributed by atoms with Gasteiger partial charge < -0.3 is 20.1 Å². The Morgan fingerprint density at radius 2 is 1.84 bits per heavy atom. The fourth-order valence-corrected chi connectivity index (χ4v) is 3.97. The molecule has 0 spiro atoms. The van der Waals surface area contributed by atoms with Gasteiger partial charge in [-0.15, -0.1) is 0 Å². The van der Waals surface area contributed by atoms with E-state index >= 15 is 0 Å². The van der Waals surface area contributed by atoms with E-state index in [2.05, 4.69) is 15.6 Å². The molecule has 3 rings (SSSR count). The van der Waals surface area contributed by atoms with Crippen molar-refractivity contribution in [3.8, 4) is 0 Å². The minimum atomic E-state index is -1.08. The lowest BCUT2D eigenvalue weighted by Crippen LogP contribution is -2.64. The molecule has 0 unspecified atom stereocenters. The van der Waals surface area contributed by atoms with Gasteiger partial charge in [0.05, 0.1) is 12.9 Å². The van der Waals surface area contributed by atoms with E-state index in [1.807, 2.05) is 45.0 Å². The summed E-state index contributed by atoms with van der Waals surface area (Å²) in [4.78, 5) is 45.2. The predicted octanol–water partition coefficient (Wildman–Crippen LogP) is 2.66. The number of carbonyl (C=O) groups excluding carboxylic acids is 3. The fourth-order valence-electron chi connectivity index (χ4n) is 3.97. The van der Waals surface area contributed by atoms with Crippen molar-refractivity contribution >= 4 is 17.7 Å². The molecular formula is C24H33N5O3. The van der Waals surface area contributed by atoms with Gasteiger partial charge >= 0.3 is 0 Å².